The second-order valence-corrected chi connectivity index (χ2v) is 5.04. The third kappa shape index (κ3) is 4.29. The second-order valence-electron chi connectivity index (χ2n) is 4.22. The summed E-state index contributed by atoms with van der Waals surface area (Å²) in [6.07, 6.45) is -4.36. The molecule has 7 heteroatoms. The molecule has 0 bridgehead atoms. The van der Waals surface area contributed by atoms with Crippen molar-refractivity contribution in [2.45, 2.75) is 12.7 Å². The van der Waals surface area contributed by atoms with Crippen LogP contribution in [0.25, 0.3) is 0 Å². The fraction of sp³-hybridized carbons (Fsp3) is 0.143. The lowest BCUT2D eigenvalue weighted by Gasteiger charge is -2.08. The van der Waals surface area contributed by atoms with E-state index in [0.29, 0.717) is 10.2 Å². The first-order chi connectivity index (χ1) is 9.86. The summed E-state index contributed by atoms with van der Waals surface area (Å²) in [6.45, 7) is 0.130. The largest absolute Gasteiger partial charge is 0.416 e. The van der Waals surface area contributed by atoms with Gasteiger partial charge in [-0.15, -0.1) is 0 Å². The van der Waals surface area contributed by atoms with E-state index in [4.69, 9.17) is 0 Å². The molecule has 0 atom stereocenters. The molecule has 1 aromatic carbocycles. The number of aromatic nitrogens is 1. The van der Waals surface area contributed by atoms with Gasteiger partial charge in [-0.05, 0) is 45.8 Å². The average molecular weight is 359 g/mol. The van der Waals surface area contributed by atoms with Crippen molar-refractivity contribution in [3.63, 3.8) is 0 Å². The van der Waals surface area contributed by atoms with Crippen LogP contribution >= 0.6 is 15.9 Å². The minimum atomic E-state index is -4.36. The fourth-order valence-electron chi connectivity index (χ4n) is 1.62. The molecule has 3 nitrogen and oxygen atoms in total. The Labute approximate surface area is 127 Å². The normalized spacial score (nSPS) is 11.2. The van der Waals surface area contributed by atoms with Gasteiger partial charge in [-0.25, -0.2) is 4.98 Å². The predicted octanol–water partition coefficient (Wildman–Crippen LogP) is 3.79. The third-order valence-electron chi connectivity index (χ3n) is 2.68. The zero-order chi connectivity index (χ0) is 15.5. The maximum absolute atomic E-state index is 12.4. The highest BCUT2D eigenvalue weighted by Crippen LogP contribution is 2.29. The van der Waals surface area contributed by atoms with E-state index in [0.717, 1.165) is 12.1 Å². The number of carbonyl (C=O) groups excluding carboxylic acids is 1. The summed E-state index contributed by atoms with van der Waals surface area (Å²) >= 11 is 3.16. The van der Waals surface area contributed by atoms with Gasteiger partial charge in [0.05, 0.1) is 5.56 Å². The third-order valence-corrected chi connectivity index (χ3v) is 3.12. The van der Waals surface area contributed by atoms with Crippen LogP contribution < -0.4 is 5.32 Å². The molecule has 0 aliphatic rings. The van der Waals surface area contributed by atoms with Crippen molar-refractivity contribution in [1.82, 2.24) is 10.3 Å². The van der Waals surface area contributed by atoms with E-state index in [1.165, 1.54) is 12.1 Å². The molecule has 1 aromatic heterocycles. The molecule has 0 fully saturated rings. The molecule has 0 saturated heterocycles. The summed E-state index contributed by atoms with van der Waals surface area (Å²) in [4.78, 5) is 15.8. The van der Waals surface area contributed by atoms with Crippen molar-refractivity contribution in [2.75, 3.05) is 0 Å². The number of benzene rings is 1. The van der Waals surface area contributed by atoms with Crippen LogP contribution in [-0.4, -0.2) is 10.9 Å². The van der Waals surface area contributed by atoms with E-state index < -0.39 is 17.6 Å². The van der Waals surface area contributed by atoms with Gasteiger partial charge < -0.3 is 5.32 Å². The molecular formula is C14H10BrF3N2O. The summed E-state index contributed by atoms with van der Waals surface area (Å²) in [5.41, 5.74) is 0.0915. The number of pyridine rings is 1. The molecule has 1 amide bonds. The van der Waals surface area contributed by atoms with Gasteiger partial charge in [0.1, 0.15) is 10.3 Å². The lowest BCUT2D eigenvalue weighted by molar-refractivity contribution is -0.137. The van der Waals surface area contributed by atoms with Crippen LogP contribution in [0, 0.1) is 0 Å². The summed E-state index contributed by atoms with van der Waals surface area (Å²) in [5.74, 6) is -0.392. The number of hydrogen-bond acceptors (Lipinski definition) is 2. The van der Waals surface area contributed by atoms with Gasteiger partial charge >= 0.3 is 6.18 Å². The minimum absolute atomic E-state index is 0.130. The van der Waals surface area contributed by atoms with Crippen molar-refractivity contribution >= 4 is 21.8 Å². The van der Waals surface area contributed by atoms with E-state index in [1.54, 1.807) is 18.2 Å². The lowest BCUT2D eigenvalue weighted by Crippen LogP contribution is -2.23. The number of carbonyl (C=O) groups is 1. The van der Waals surface area contributed by atoms with E-state index in [2.05, 4.69) is 26.2 Å². The Bertz CT molecular complexity index is 641. The number of alkyl halides is 3. The number of nitrogens with one attached hydrogen (secondary N) is 1. The van der Waals surface area contributed by atoms with Gasteiger partial charge in [-0.2, -0.15) is 13.2 Å². The van der Waals surface area contributed by atoms with Crippen molar-refractivity contribution in [2.24, 2.45) is 0 Å². The van der Waals surface area contributed by atoms with Crippen LogP contribution in [-0.2, 0) is 12.7 Å². The van der Waals surface area contributed by atoms with Gasteiger partial charge in [0.2, 0.25) is 0 Å². The number of amides is 1. The monoisotopic (exact) mass is 358 g/mol. The smallest absolute Gasteiger partial charge is 0.347 e. The van der Waals surface area contributed by atoms with Crippen molar-refractivity contribution < 1.29 is 18.0 Å². The summed E-state index contributed by atoms with van der Waals surface area (Å²) in [6, 6.07) is 9.54. The van der Waals surface area contributed by atoms with Crippen LogP contribution in [0.2, 0.25) is 0 Å². The quantitative estimate of drug-likeness (QED) is 0.848. The Morgan fingerprint density at radius 2 is 1.81 bits per heavy atom. The van der Waals surface area contributed by atoms with Crippen LogP contribution in [0.5, 0.6) is 0 Å². The van der Waals surface area contributed by atoms with Crippen molar-refractivity contribution in [3.05, 3.63) is 63.9 Å². The summed E-state index contributed by atoms with van der Waals surface area (Å²) in [7, 11) is 0. The highest BCUT2D eigenvalue weighted by molar-refractivity contribution is 9.10. The molecule has 1 N–H and O–H groups in total. The molecule has 0 radical (unpaired) electrons. The van der Waals surface area contributed by atoms with Gasteiger partial charge in [0, 0.05) is 6.54 Å². The Morgan fingerprint density at radius 1 is 1.14 bits per heavy atom. The highest BCUT2D eigenvalue weighted by Gasteiger charge is 2.29. The van der Waals surface area contributed by atoms with Gasteiger partial charge in [-0.3, -0.25) is 4.79 Å². The zero-order valence-electron chi connectivity index (χ0n) is 10.6. The molecule has 0 unspecified atom stereocenters. The molecule has 0 spiro atoms. The minimum Gasteiger partial charge on any atom is -0.347 e. The Balaban J connectivity index is 1.98. The first kappa shape index (κ1) is 15.5. The summed E-state index contributed by atoms with van der Waals surface area (Å²) < 4.78 is 37.8. The van der Waals surface area contributed by atoms with Crippen LogP contribution in [0.3, 0.4) is 0 Å². The van der Waals surface area contributed by atoms with Gasteiger partial charge in [0.15, 0.2) is 0 Å². The van der Waals surface area contributed by atoms with Crippen LogP contribution in [0.15, 0.2) is 47.1 Å². The van der Waals surface area contributed by atoms with E-state index in [1.807, 2.05) is 0 Å². The molecule has 110 valence electrons. The summed E-state index contributed by atoms with van der Waals surface area (Å²) in [5, 5.41) is 2.60. The molecule has 2 rings (SSSR count). The standard InChI is InChI=1S/C14H10BrF3N2O/c15-12-3-1-2-11(20-12)13(21)19-8-9-4-6-10(7-5-9)14(16,17)18/h1-7H,8H2,(H,19,21). The maximum atomic E-state index is 12.4. The van der Waals surface area contributed by atoms with E-state index in [9.17, 15) is 18.0 Å². The number of halogens is 4. The SMILES string of the molecule is O=C(NCc1ccc(C(F)(F)F)cc1)c1cccc(Br)n1. The van der Waals surface area contributed by atoms with E-state index in [-0.39, 0.29) is 12.2 Å². The molecule has 0 saturated carbocycles. The molecular weight excluding hydrogens is 349 g/mol. The Kier molecular flexibility index (Phi) is 4.62. The topological polar surface area (TPSA) is 42.0 Å². The lowest BCUT2D eigenvalue weighted by atomic mass is 10.1. The molecule has 0 aliphatic heterocycles. The van der Waals surface area contributed by atoms with Gasteiger partial charge in [-0.1, -0.05) is 18.2 Å². The zero-order valence-corrected chi connectivity index (χ0v) is 12.2. The Hall–Kier alpha value is -1.89. The highest BCUT2D eigenvalue weighted by atomic mass is 79.9. The van der Waals surface area contributed by atoms with Crippen molar-refractivity contribution in [1.29, 1.82) is 0 Å². The van der Waals surface area contributed by atoms with Crippen LogP contribution in [0.1, 0.15) is 21.6 Å². The predicted molar refractivity (Wildman–Crippen MR) is 74.6 cm³/mol. The first-order valence-corrected chi connectivity index (χ1v) is 6.72. The number of rotatable bonds is 3. The molecule has 0 aliphatic carbocycles. The molecule has 2 aromatic rings. The fourth-order valence-corrected chi connectivity index (χ4v) is 1.96. The van der Waals surface area contributed by atoms with E-state index >= 15 is 0 Å². The van der Waals surface area contributed by atoms with Crippen molar-refractivity contribution in [3.8, 4) is 0 Å². The number of hydrogen-bond donors (Lipinski definition) is 1. The molecule has 21 heavy (non-hydrogen) atoms. The first-order valence-electron chi connectivity index (χ1n) is 5.93. The van der Waals surface area contributed by atoms with Crippen LogP contribution in [0.4, 0.5) is 13.2 Å². The second kappa shape index (κ2) is 6.26. The molecule has 1 heterocycles. The maximum Gasteiger partial charge on any atom is 0.416 e. The number of nitrogens with zero attached hydrogens (tertiary/aromatic N) is 1. The Morgan fingerprint density at radius 3 is 2.38 bits per heavy atom. The average Bonchev–Trinajstić information content (AvgIpc) is 2.44. The van der Waals surface area contributed by atoms with Gasteiger partial charge in [0.25, 0.3) is 5.91 Å².